The number of nitro benzene ring substituents is 1. The van der Waals surface area contributed by atoms with Gasteiger partial charge in [-0.05, 0) is 19.9 Å². The summed E-state index contributed by atoms with van der Waals surface area (Å²) in [5, 5.41) is 21.7. The lowest BCUT2D eigenvalue weighted by Gasteiger charge is -2.10. The number of nitrogens with zero attached hydrogens (tertiary/aromatic N) is 1. The number of hydrogen-bond acceptors (Lipinski definition) is 4. The predicted octanol–water partition coefficient (Wildman–Crippen LogP) is 1.56. The van der Waals surface area contributed by atoms with Crippen LogP contribution in [0.4, 0.5) is 11.4 Å². The third kappa shape index (κ3) is 2.82. The van der Waals surface area contributed by atoms with E-state index in [2.05, 4.69) is 5.32 Å². The van der Waals surface area contributed by atoms with Gasteiger partial charge in [0.1, 0.15) is 5.92 Å². The Balaban J connectivity index is 2.99. The molecule has 1 amide bonds. The number of benzene rings is 1. The molecule has 0 spiro atoms. The zero-order valence-corrected chi connectivity index (χ0v) is 9.84. The molecule has 0 radical (unpaired) electrons. The van der Waals surface area contributed by atoms with Crippen molar-refractivity contribution < 1.29 is 19.6 Å². The Hall–Kier alpha value is -2.44. The van der Waals surface area contributed by atoms with Crippen LogP contribution in [0.15, 0.2) is 18.2 Å². The summed E-state index contributed by atoms with van der Waals surface area (Å²) in [6, 6.07) is 4.21. The van der Waals surface area contributed by atoms with Crippen LogP contribution >= 0.6 is 0 Å². The number of anilines is 1. The maximum atomic E-state index is 11.5. The molecule has 0 saturated heterocycles. The molecule has 0 bridgehead atoms. The lowest BCUT2D eigenvalue weighted by atomic mass is 10.1. The molecule has 1 unspecified atom stereocenters. The Morgan fingerprint density at radius 1 is 1.44 bits per heavy atom. The molecule has 1 rings (SSSR count). The van der Waals surface area contributed by atoms with Gasteiger partial charge in [0, 0.05) is 6.07 Å². The highest BCUT2D eigenvalue weighted by Crippen LogP contribution is 2.25. The van der Waals surface area contributed by atoms with Crippen molar-refractivity contribution in [1.82, 2.24) is 0 Å². The Bertz CT molecular complexity index is 512. The third-order valence-corrected chi connectivity index (χ3v) is 2.52. The van der Waals surface area contributed by atoms with E-state index >= 15 is 0 Å². The van der Waals surface area contributed by atoms with E-state index in [4.69, 9.17) is 5.11 Å². The number of aliphatic carboxylic acids is 1. The summed E-state index contributed by atoms with van der Waals surface area (Å²) in [6.07, 6.45) is 0. The lowest BCUT2D eigenvalue weighted by Crippen LogP contribution is -2.27. The van der Waals surface area contributed by atoms with Gasteiger partial charge in [-0.3, -0.25) is 19.7 Å². The highest BCUT2D eigenvalue weighted by atomic mass is 16.6. The van der Waals surface area contributed by atoms with Crippen LogP contribution in [0.5, 0.6) is 0 Å². The minimum atomic E-state index is -1.25. The van der Waals surface area contributed by atoms with Crippen molar-refractivity contribution in [2.75, 3.05) is 5.32 Å². The fourth-order valence-electron chi connectivity index (χ4n) is 1.31. The third-order valence-electron chi connectivity index (χ3n) is 2.52. The zero-order valence-electron chi connectivity index (χ0n) is 9.84. The van der Waals surface area contributed by atoms with Crippen molar-refractivity contribution in [3.05, 3.63) is 33.9 Å². The summed E-state index contributed by atoms with van der Waals surface area (Å²) in [5.74, 6) is -3.19. The number of carbonyl (C=O) groups is 2. The van der Waals surface area contributed by atoms with Crippen LogP contribution in [0.3, 0.4) is 0 Å². The molecule has 7 heteroatoms. The van der Waals surface area contributed by atoms with E-state index in [1.165, 1.54) is 32.0 Å². The van der Waals surface area contributed by atoms with Crippen LogP contribution in [0.25, 0.3) is 0 Å². The van der Waals surface area contributed by atoms with Crippen molar-refractivity contribution in [1.29, 1.82) is 0 Å². The van der Waals surface area contributed by atoms with E-state index in [-0.39, 0.29) is 16.9 Å². The van der Waals surface area contributed by atoms with Crippen LogP contribution in [-0.4, -0.2) is 21.9 Å². The molecule has 0 saturated carbocycles. The fraction of sp³-hybridized carbons (Fsp3) is 0.273. The van der Waals surface area contributed by atoms with Crippen molar-refractivity contribution >= 4 is 23.3 Å². The molecule has 18 heavy (non-hydrogen) atoms. The maximum Gasteiger partial charge on any atom is 0.315 e. The van der Waals surface area contributed by atoms with Crippen LogP contribution in [0.1, 0.15) is 12.5 Å². The quantitative estimate of drug-likeness (QED) is 0.480. The van der Waals surface area contributed by atoms with Gasteiger partial charge in [0.2, 0.25) is 5.91 Å². The summed E-state index contributed by atoms with van der Waals surface area (Å²) < 4.78 is 0. The van der Waals surface area contributed by atoms with Crippen molar-refractivity contribution in [3.8, 4) is 0 Å². The second-order valence-corrected chi connectivity index (χ2v) is 3.76. The summed E-state index contributed by atoms with van der Waals surface area (Å²) in [7, 11) is 0. The number of amides is 1. The molecule has 96 valence electrons. The Morgan fingerprint density at radius 3 is 2.56 bits per heavy atom. The van der Waals surface area contributed by atoms with E-state index in [9.17, 15) is 19.7 Å². The maximum absolute atomic E-state index is 11.5. The van der Waals surface area contributed by atoms with Gasteiger partial charge in [-0.25, -0.2) is 0 Å². The predicted molar refractivity (Wildman–Crippen MR) is 63.3 cm³/mol. The van der Waals surface area contributed by atoms with Gasteiger partial charge < -0.3 is 10.4 Å². The van der Waals surface area contributed by atoms with Crippen LogP contribution in [-0.2, 0) is 9.59 Å². The number of carboxylic acids is 1. The smallest absolute Gasteiger partial charge is 0.315 e. The molecule has 1 aromatic rings. The molecule has 2 N–H and O–H groups in total. The molecule has 0 aromatic heterocycles. The SMILES string of the molecule is Cc1c(NC(=O)C(C)C(=O)O)cccc1[N+](=O)[O-]. The van der Waals surface area contributed by atoms with Crippen molar-refractivity contribution in [2.45, 2.75) is 13.8 Å². The average molecular weight is 252 g/mol. The Kier molecular flexibility index (Phi) is 3.98. The molecular formula is C11H12N2O5. The largest absolute Gasteiger partial charge is 0.481 e. The second-order valence-electron chi connectivity index (χ2n) is 3.76. The number of rotatable bonds is 4. The first-order valence-electron chi connectivity index (χ1n) is 5.12. The van der Waals surface area contributed by atoms with Crippen LogP contribution in [0, 0.1) is 23.0 Å². The fourth-order valence-corrected chi connectivity index (χ4v) is 1.31. The van der Waals surface area contributed by atoms with Crippen LogP contribution < -0.4 is 5.32 Å². The highest BCUT2D eigenvalue weighted by molar-refractivity contribution is 6.04. The number of hydrogen-bond donors (Lipinski definition) is 2. The minimum Gasteiger partial charge on any atom is -0.481 e. The van der Waals surface area contributed by atoms with Gasteiger partial charge in [-0.15, -0.1) is 0 Å². The van der Waals surface area contributed by atoms with Gasteiger partial charge in [0.15, 0.2) is 0 Å². The Labute approximate surface area is 103 Å². The van der Waals surface area contributed by atoms with Gasteiger partial charge in [-0.1, -0.05) is 6.07 Å². The molecule has 1 atom stereocenters. The first-order chi connectivity index (χ1) is 8.34. The van der Waals surface area contributed by atoms with Crippen molar-refractivity contribution in [2.24, 2.45) is 5.92 Å². The molecule has 0 aliphatic heterocycles. The first-order valence-corrected chi connectivity index (χ1v) is 5.12. The monoisotopic (exact) mass is 252 g/mol. The number of nitrogens with one attached hydrogen (secondary N) is 1. The normalized spacial score (nSPS) is 11.7. The standard InChI is InChI=1S/C11H12N2O5/c1-6-8(4-3-5-9(6)13(17)18)12-10(14)7(2)11(15)16/h3-5,7H,1-2H3,(H,12,14)(H,15,16). The van der Waals surface area contributed by atoms with Crippen LogP contribution in [0.2, 0.25) is 0 Å². The van der Waals surface area contributed by atoms with E-state index in [1.807, 2.05) is 0 Å². The molecule has 0 aliphatic carbocycles. The van der Waals surface area contributed by atoms with Crippen molar-refractivity contribution in [3.63, 3.8) is 0 Å². The average Bonchev–Trinajstić information content (AvgIpc) is 2.30. The van der Waals surface area contributed by atoms with Gasteiger partial charge in [0.25, 0.3) is 5.69 Å². The minimum absolute atomic E-state index is 0.129. The highest BCUT2D eigenvalue weighted by Gasteiger charge is 2.22. The summed E-state index contributed by atoms with van der Waals surface area (Å²) >= 11 is 0. The molecule has 0 aliphatic rings. The van der Waals surface area contributed by atoms with E-state index in [0.717, 1.165) is 0 Å². The zero-order chi connectivity index (χ0) is 13.9. The first kappa shape index (κ1) is 13.6. The molecule has 1 aromatic carbocycles. The molecule has 0 heterocycles. The van der Waals surface area contributed by atoms with E-state index in [1.54, 1.807) is 0 Å². The summed E-state index contributed by atoms with van der Waals surface area (Å²) in [4.78, 5) is 32.3. The number of carboxylic acid groups (broad SMARTS) is 1. The van der Waals surface area contributed by atoms with Gasteiger partial charge in [0.05, 0.1) is 16.2 Å². The lowest BCUT2D eigenvalue weighted by molar-refractivity contribution is -0.385. The number of nitro groups is 1. The van der Waals surface area contributed by atoms with E-state index < -0.39 is 22.7 Å². The number of carbonyl (C=O) groups excluding carboxylic acids is 1. The van der Waals surface area contributed by atoms with E-state index in [0.29, 0.717) is 0 Å². The second kappa shape index (κ2) is 5.26. The summed E-state index contributed by atoms with van der Waals surface area (Å²) in [6.45, 7) is 2.73. The molecular weight excluding hydrogens is 240 g/mol. The topological polar surface area (TPSA) is 110 Å². The summed E-state index contributed by atoms with van der Waals surface area (Å²) in [5.41, 5.74) is 0.395. The Morgan fingerprint density at radius 2 is 2.06 bits per heavy atom. The van der Waals surface area contributed by atoms with Gasteiger partial charge >= 0.3 is 5.97 Å². The molecule has 7 nitrogen and oxygen atoms in total. The van der Waals surface area contributed by atoms with Gasteiger partial charge in [-0.2, -0.15) is 0 Å². The molecule has 0 fully saturated rings.